The first-order chi connectivity index (χ1) is 17.9. The Morgan fingerprint density at radius 2 is 1.49 bits per heavy atom. The third kappa shape index (κ3) is 3.86. The van der Waals surface area contributed by atoms with E-state index in [0.717, 1.165) is 22.3 Å². The summed E-state index contributed by atoms with van der Waals surface area (Å²) in [6.07, 6.45) is 0. The van der Waals surface area contributed by atoms with Gasteiger partial charge in [0.05, 0.1) is 5.69 Å². The number of nitrogens with one attached hydrogen (secondary N) is 1. The molecule has 2 heterocycles. The molecular weight excluding hydrogens is 466 g/mol. The van der Waals surface area contributed by atoms with E-state index in [-0.39, 0.29) is 24.1 Å². The number of aryl methyl sites for hydroxylation is 2. The van der Waals surface area contributed by atoms with E-state index in [2.05, 4.69) is 21.2 Å². The van der Waals surface area contributed by atoms with Crippen LogP contribution in [-0.4, -0.2) is 60.1 Å². The molecule has 0 saturated carbocycles. The molecule has 1 saturated heterocycles. The summed E-state index contributed by atoms with van der Waals surface area (Å²) < 4.78 is 5.47. The van der Waals surface area contributed by atoms with Crippen molar-refractivity contribution in [2.75, 3.05) is 38.1 Å². The van der Waals surface area contributed by atoms with Gasteiger partial charge in [0, 0.05) is 43.9 Å². The number of hydrogen-bond donors (Lipinski definition) is 1. The van der Waals surface area contributed by atoms with Crippen molar-refractivity contribution in [3.8, 4) is 5.75 Å². The number of ether oxygens (including phenoxy) is 1. The number of hydrogen-bond acceptors (Lipinski definition) is 6. The zero-order chi connectivity index (χ0) is 25.7. The number of fused-ring (bicyclic) bond motifs is 2. The number of piperazine rings is 1. The topological polar surface area (TPSA) is 79.0 Å². The maximum absolute atomic E-state index is 14.1. The van der Waals surface area contributed by atoms with Crippen molar-refractivity contribution in [3.63, 3.8) is 0 Å². The fourth-order valence-corrected chi connectivity index (χ4v) is 6.02. The Labute approximate surface area is 216 Å². The minimum absolute atomic E-state index is 0.0395. The molecule has 6 rings (SSSR count). The molecule has 37 heavy (non-hydrogen) atoms. The minimum atomic E-state index is -1.33. The number of anilines is 1. The van der Waals surface area contributed by atoms with Crippen molar-refractivity contribution in [2.45, 2.75) is 25.9 Å². The van der Waals surface area contributed by atoms with Gasteiger partial charge >= 0.3 is 0 Å². The van der Waals surface area contributed by atoms with Crippen LogP contribution in [0.4, 0.5) is 5.69 Å². The summed E-state index contributed by atoms with van der Waals surface area (Å²) in [6.45, 7) is 7.35. The maximum atomic E-state index is 14.1. The summed E-state index contributed by atoms with van der Waals surface area (Å²) in [7, 11) is 0. The van der Waals surface area contributed by atoms with Gasteiger partial charge < -0.3 is 10.1 Å². The smallest absolute Gasteiger partial charge is 0.262 e. The van der Waals surface area contributed by atoms with Crippen LogP contribution in [0.2, 0.25) is 0 Å². The molecule has 188 valence electrons. The monoisotopic (exact) mass is 495 g/mol. The van der Waals surface area contributed by atoms with Gasteiger partial charge in [0.25, 0.3) is 5.91 Å². The summed E-state index contributed by atoms with van der Waals surface area (Å²) in [5, 5.41) is 2.87. The fourth-order valence-electron chi connectivity index (χ4n) is 6.02. The molecule has 1 amide bonds. The highest BCUT2D eigenvalue weighted by molar-refractivity contribution is 6.32. The molecule has 3 aromatic carbocycles. The van der Waals surface area contributed by atoms with Gasteiger partial charge in [-0.15, -0.1) is 0 Å². The Morgan fingerprint density at radius 1 is 0.838 bits per heavy atom. The van der Waals surface area contributed by atoms with Crippen LogP contribution in [0.1, 0.15) is 43.0 Å². The van der Waals surface area contributed by atoms with E-state index in [4.69, 9.17) is 4.74 Å². The molecule has 0 atom stereocenters. The van der Waals surface area contributed by atoms with E-state index in [9.17, 15) is 14.4 Å². The Bertz CT molecular complexity index is 1380. The molecule has 3 aliphatic rings. The average Bonchev–Trinajstić information content (AvgIpc) is 3.11. The van der Waals surface area contributed by atoms with E-state index in [1.165, 1.54) is 0 Å². The van der Waals surface area contributed by atoms with Crippen LogP contribution in [-0.2, 0) is 16.9 Å². The summed E-state index contributed by atoms with van der Waals surface area (Å²) in [5.74, 6) is 0.275. The third-order valence-electron chi connectivity index (χ3n) is 7.64. The number of benzene rings is 3. The van der Waals surface area contributed by atoms with Gasteiger partial charge in [-0.05, 0) is 37.1 Å². The molecule has 0 aromatic heterocycles. The Balaban J connectivity index is 1.28. The van der Waals surface area contributed by atoms with Crippen LogP contribution in [0.15, 0.2) is 60.7 Å². The van der Waals surface area contributed by atoms with Gasteiger partial charge in [0.15, 0.2) is 23.7 Å². The quantitative estimate of drug-likeness (QED) is 0.556. The van der Waals surface area contributed by atoms with Crippen LogP contribution in [0.25, 0.3) is 0 Å². The first-order valence-electron chi connectivity index (χ1n) is 12.7. The lowest BCUT2D eigenvalue weighted by Crippen LogP contribution is -2.60. The van der Waals surface area contributed by atoms with Gasteiger partial charge in [-0.1, -0.05) is 59.7 Å². The van der Waals surface area contributed by atoms with Crippen molar-refractivity contribution in [1.82, 2.24) is 9.80 Å². The number of ketones is 2. The van der Waals surface area contributed by atoms with Crippen molar-refractivity contribution in [1.29, 1.82) is 0 Å². The van der Waals surface area contributed by atoms with E-state index in [1.54, 1.807) is 12.1 Å². The standard InChI is InChI=1S/C30H29N3O4/c1-19-13-20(2)15-22(14-19)30(28(35)23-5-3-4-6-24(23)29(30)36)33-11-9-32(10-12-33)17-21-7-8-26-25(16-21)31-27(34)18-37-26/h3-8,13-16H,9-12,17-18H2,1-2H3,(H,31,34). The third-order valence-corrected chi connectivity index (χ3v) is 7.64. The average molecular weight is 496 g/mol. The van der Waals surface area contributed by atoms with E-state index >= 15 is 0 Å². The van der Waals surface area contributed by atoms with Gasteiger partial charge in [-0.3, -0.25) is 24.2 Å². The normalized spacial score (nSPS) is 19.2. The molecule has 2 aliphatic heterocycles. The van der Waals surface area contributed by atoms with Crippen LogP contribution >= 0.6 is 0 Å². The molecule has 1 aliphatic carbocycles. The summed E-state index contributed by atoms with van der Waals surface area (Å²) in [5.41, 5.74) is 4.28. The lowest BCUT2D eigenvalue weighted by atomic mass is 9.81. The van der Waals surface area contributed by atoms with Gasteiger partial charge in [0.1, 0.15) is 5.75 Å². The van der Waals surface area contributed by atoms with Gasteiger partial charge in [0.2, 0.25) is 0 Å². The number of Topliss-reactive ketones (excluding diaryl/α,β-unsaturated/α-hetero) is 2. The first kappa shape index (κ1) is 23.6. The zero-order valence-corrected chi connectivity index (χ0v) is 21.0. The number of nitrogens with zero attached hydrogens (tertiary/aromatic N) is 2. The van der Waals surface area contributed by atoms with Crippen LogP contribution < -0.4 is 10.1 Å². The zero-order valence-electron chi connectivity index (χ0n) is 21.0. The highest BCUT2D eigenvalue weighted by Gasteiger charge is 2.58. The Morgan fingerprint density at radius 3 is 2.14 bits per heavy atom. The Kier molecular flexibility index (Phi) is 5.70. The van der Waals surface area contributed by atoms with Crippen LogP contribution in [0, 0.1) is 13.8 Å². The molecule has 0 unspecified atom stereocenters. The summed E-state index contributed by atoms with van der Waals surface area (Å²) in [4.78, 5) is 44.2. The second-order valence-electron chi connectivity index (χ2n) is 10.2. The Hall–Kier alpha value is -3.81. The second-order valence-corrected chi connectivity index (χ2v) is 10.2. The maximum Gasteiger partial charge on any atom is 0.262 e. The second kappa shape index (κ2) is 8.94. The van der Waals surface area contributed by atoms with Gasteiger partial charge in [-0.2, -0.15) is 0 Å². The van der Waals surface area contributed by atoms with Crippen molar-refractivity contribution < 1.29 is 19.1 Å². The van der Waals surface area contributed by atoms with Crippen LogP contribution in [0.5, 0.6) is 5.75 Å². The number of rotatable bonds is 4. The molecular formula is C30H29N3O4. The van der Waals surface area contributed by atoms with Gasteiger partial charge in [-0.25, -0.2) is 0 Å². The predicted molar refractivity (Wildman–Crippen MR) is 140 cm³/mol. The van der Waals surface area contributed by atoms with Crippen LogP contribution in [0.3, 0.4) is 0 Å². The lowest BCUT2D eigenvalue weighted by molar-refractivity contribution is -0.118. The predicted octanol–water partition coefficient (Wildman–Crippen LogP) is 3.73. The lowest BCUT2D eigenvalue weighted by Gasteiger charge is -2.44. The number of carbonyl (C=O) groups is 3. The number of carbonyl (C=O) groups excluding carboxylic acids is 3. The highest BCUT2D eigenvalue weighted by atomic mass is 16.5. The van der Waals surface area contributed by atoms with E-state index < -0.39 is 5.54 Å². The SMILES string of the molecule is Cc1cc(C)cc(C2(N3CCN(Cc4ccc5c(c4)NC(=O)CO5)CC3)C(=O)c3ccccc3C2=O)c1. The van der Waals surface area contributed by atoms with E-state index in [1.807, 2.05) is 56.3 Å². The molecule has 7 nitrogen and oxygen atoms in total. The van der Waals surface area contributed by atoms with E-state index in [0.29, 0.717) is 55.3 Å². The fraction of sp³-hybridized carbons (Fsp3) is 0.300. The molecule has 1 N–H and O–H groups in total. The number of amides is 1. The minimum Gasteiger partial charge on any atom is -0.482 e. The summed E-state index contributed by atoms with van der Waals surface area (Å²) >= 11 is 0. The highest BCUT2D eigenvalue weighted by Crippen LogP contribution is 2.43. The molecule has 7 heteroatoms. The van der Waals surface area contributed by atoms with Crippen molar-refractivity contribution in [3.05, 3.63) is 94.0 Å². The van der Waals surface area contributed by atoms with Crippen molar-refractivity contribution in [2.24, 2.45) is 0 Å². The largest absolute Gasteiger partial charge is 0.482 e. The first-order valence-corrected chi connectivity index (χ1v) is 12.7. The molecule has 0 bridgehead atoms. The molecule has 0 spiro atoms. The molecule has 0 radical (unpaired) electrons. The van der Waals surface area contributed by atoms with Crippen molar-refractivity contribution >= 4 is 23.2 Å². The molecule has 1 fully saturated rings. The molecule has 3 aromatic rings. The summed E-state index contributed by atoms with van der Waals surface area (Å²) in [6, 6.07) is 19.1.